The van der Waals surface area contributed by atoms with Gasteiger partial charge in [-0.05, 0) is 56.9 Å². The summed E-state index contributed by atoms with van der Waals surface area (Å²) in [5.74, 6) is 2.70. The minimum absolute atomic E-state index is 0.610. The first-order valence-corrected chi connectivity index (χ1v) is 12.6. The molecule has 0 N–H and O–H groups in total. The van der Waals surface area contributed by atoms with Crippen LogP contribution in [-0.4, -0.2) is 9.97 Å². The first kappa shape index (κ1) is 23.4. The van der Waals surface area contributed by atoms with Crippen LogP contribution >= 0.6 is 0 Å². The van der Waals surface area contributed by atoms with Crippen molar-refractivity contribution in [2.75, 3.05) is 0 Å². The molecule has 0 saturated heterocycles. The van der Waals surface area contributed by atoms with Crippen molar-refractivity contribution in [3.05, 3.63) is 23.3 Å². The maximum atomic E-state index is 4.93. The Morgan fingerprint density at radius 3 is 2.04 bits per heavy atom. The Bertz CT molecular complexity index is 517. The molecule has 28 heavy (non-hydrogen) atoms. The number of aromatic nitrogens is 2. The van der Waals surface area contributed by atoms with Gasteiger partial charge in [0.05, 0.1) is 0 Å². The molecule has 1 aliphatic rings. The quantitative estimate of drug-likeness (QED) is 0.300. The van der Waals surface area contributed by atoms with E-state index in [0.29, 0.717) is 5.92 Å². The fourth-order valence-electron chi connectivity index (χ4n) is 4.79. The van der Waals surface area contributed by atoms with Crippen molar-refractivity contribution in [2.24, 2.45) is 5.92 Å². The van der Waals surface area contributed by atoms with Gasteiger partial charge in [0.15, 0.2) is 0 Å². The minimum atomic E-state index is 0.610. The smallest absolute Gasteiger partial charge is 0.131 e. The fraction of sp³-hybridized carbons (Fsp3) is 0.846. The summed E-state index contributed by atoms with van der Waals surface area (Å²) in [6, 6.07) is 0. The first-order chi connectivity index (χ1) is 13.7. The van der Waals surface area contributed by atoms with Crippen molar-refractivity contribution in [1.82, 2.24) is 9.97 Å². The Hall–Kier alpha value is -0.920. The normalized spacial score (nSPS) is 19.8. The molecule has 0 aliphatic heterocycles. The number of rotatable bonds is 14. The molecule has 1 aromatic rings. The van der Waals surface area contributed by atoms with E-state index in [1.165, 1.54) is 114 Å². The van der Waals surface area contributed by atoms with Crippen LogP contribution in [0.2, 0.25) is 0 Å². The van der Waals surface area contributed by atoms with Crippen LogP contribution < -0.4 is 0 Å². The SMILES string of the molecule is CCCCCCCCCCc1cnc(C2CCC(CCCCC)CC2)nc1C. The van der Waals surface area contributed by atoms with Gasteiger partial charge < -0.3 is 0 Å². The second kappa shape index (κ2) is 14.1. The zero-order valence-corrected chi connectivity index (χ0v) is 19.1. The maximum Gasteiger partial charge on any atom is 0.131 e. The number of hydrogen-bond acceptors (Lipinski definition) is 2. The van der Waals surface area contributed by atoms with Gasteiger partial charge >= 0.3 is 0 Å². The molecule has 0 amide bonds. The topological polar surface area (TPSA) is 25.8 Å². The predicted molar refractivity (Wildman–Crippen MR) is 122 cm³/mol. The summed E-state index contributed by atoms with van der Waals surface area (Å²) in [4.78, 5) is 9.74. The van der Waals surface area contributed by atoms with Gasteiger partial charge in [0.25, 0.3) is 0 Å². The van der Waals surface area contributed by atoms with Gasteiger partial charge in [0, 0.05) is 17.8 Å². The van der Waals surface area contributed by atoms with Gasteiger partial charge in [-0.2, -0.15) is 0 Å². The van der Waals surface area contributed by atoms with Crippen molar-refractivity contribution in [3.63, 3.8) is 0 Å². The van der Waals surface area contributed by atoms with E-state index in [4.69, 9.17) is 9.97 Å². The van der Waals surface area contributed by atoms with E-state index in [2.05, 4.69) is 27.0 Å². The Kier molecular flexibility index (Phi) is 11.8. The van der Waals surface area contributed by atoms with Crippen LogP contribution in [0.1, 0.15) is 140 Å². The lowest BCUT2D eigenvalue weighted by atomic mass is 9.79. The highest BCUT2D eigenvalue weighted by Crippen LogP contribution is 2.36. The van der Waals surface area contributed by atoms with Crippen molar-refractivity contribution in [2.45, 2.75) is 136 Å². The molecule has 2 heteroatoms. The third-order valence-electron chi connectivity index (χ3n) is 6.83. The van der Waals surface area contributed by atoms with Crippen LogP contribution in [0, 0.1) is 12.8 Å². The molecule has 0 atom stereocenters. The summed E-state index contributed by atoms with van der Waals surface area (Å²) >= 11 is 0. The van der Waals surface area contributed by atoms with Crippen LogP contribution in [0.4, 0.5) is 0 Å². The number of unbranched alkanes of at least 4 members (excludes halogenated alkanes) is 9. The summed E-state index contributed by atoms with van der Waals surface area (Å²) in [7, 11) is 0. The van der Waals surface area contributed by atoms with E-state index in [0.717, 1.165) is 18.2 Å². The summed E-state index contributed by atoms with van der Waals surface area (Å²) in [5.41, 5.74) is 2.61. The van der Waals surface area contributed by atoms with E-state index >= 15 is 0 Å². The first-order valence-electron chi connectivity index (χ1n) is 12.6. The summed E-state index contributed by atoms with van der Waals surface area (Å²) in [5, 5.41) is 0. The molecular formula is C26H46N2. The Morgan fingerprint density at radius 1 is 0.786 bits per heavy atom. The average molecular weight is 387 g/mol. The number of hydrogen-bond donors (Lipinski definition) is 0. The molecule has 1 aliphatic carbocycles. The van der Waals surface area contributed by atoms with E-state index < -0.39 is 0 Å². The third-order valence-corrected chi connectivity index (χ3v) is 6.83. The molecular weight excluding hydrogens is 340 g/mol. The Morgan fingerprint density at radius 2 is 1.39 bits per heavy atom. The molecule has 2 rings (SSSR count). The van der Waals surface area contributed by atoms with Crippen molar-refractivity contribution in [3.8, 4) is 0 Å². The molecule has 0 bridgehead atoms. The molecule has 0 radical (unpaired) electrons. The predicted octanol–water partition coefficient (Wildman–Crippen LogP) is 8.32. The molecule has 0 spiro atoms. The standard InChI is InChI=1S/C26H46N2/c1-4-6-8-9-10-11-12-14-16-25-21-27-26(28-22(25)3)24-19-17-23(18-20-24)15-13-7-5-2/h21,23-24H,4-20H2,1-3H3. The molecule has 160 valence electrons. The van der Waals surface area contributed by atoms with Gasteiger partial charge in [-0.1, -0.05) is 84.5 Å². The highest BCUT2D eigenvalue weighted by molar-refractivity contribution is 5.17. The van der Waals surface area contributed by atoms with Crippen molar-refractivity contribution in [1.29, 1.82) is 0 Å². The van der Waals surface area contributed by atoms with Crippen molar-refractivity contribution >= 4 is 0 Å². The Labute approximate surface area is 175 Å². The summed E-state index contributed by atoms with van der Waals surface area (Å²) in [6.45, 7) is 6.78. The maximum absolute atomic E-state index is 4.93. The molecule has 1 fully saturated rings. The van der Waals surface area contributed by atoms with Crippen LogP contribution in [0.15, 0.2) is 6.20 Å². The van der Waals surface area contributed by atoms with E-state index in [1.54, 1.807) is 0 Å². The molecule has 0 unspecified atom stereocenters. The minimum Gasteiger partial charge on any atom is -0.241 e. The molecule has 1 heterocycles. The van der Waals surface area contributed by atoms with Gasteiger partial charge in [-0.15, -0.1) is 0 Å². The lowest BCUT2D eigenvalue weighted by Crippen LogP contribution is -2.16. The van der Waals surface area contributed by atoms with Crippen LogP contribution in [0.3, 0.4) is 0 Å². The lowest BCUT2D eigenvalue weighted by molar-refractivity contribution is 0.297. The second-order valence-electron chi connectivity index (χ2n) is 9.28. The molecule has 2 nitrogen and oxygen atoms in total. The summed E-state index contributed by atoms with van der Waals surface area (Å²) < 4.78 is 0. The fourth-order valence-corrected chi connectivity index (χ4v) is 4.79. The van der Waals surface area contributed by atoms with Crippen molar-refractivity contribution < 1.29 is 0 Å². The zero-order chi connectivity index (χ0) is 20.0. The van der Waals surface area contributed by atoms with E-state index in [1.807, 2.05) is 0 Å². The van der Waals surface area contributed by atoms with E-state index in [-0.39, 0.29) is 0 Å². The summed E-state index contributed by atoms with van der Waals surface area (Å²) in [6.07, 6.45) is 25.3. The Balaban J connectivity index is 1.66. The zero-order valence-electron chi connectivity index (χ0n) is 19.1. The lowest BCUT2D eigenvalue weighted by Gasteiger charge is -2.28. The third kappa shape index (κ3) is 8.62. The van der Waals surface area contributed by atoms with Gasteiger partial charge in [-0.25, -0.2) is 9.97 Å². The van der Waals surface area contributed by atoms with Gasteiger partial charge in [0.1, 0.15) is 5.82 Å². The van der Waals surface area contributed by atoms with Gasteiger partial charge in [0.2, 0.25) is 0 Å². The molecule has 1 aromatic heterocycles. The van der Waals surface area contributed by atoms with Gasteiger partial charge in [-0.3, -0.25) is 0 Å². The van der Waals surface area contributed by atoms with Crippen LogP contribution in [0.5, 0.6) is 0 Å². The number of aryl methyl sites for hydroxylation is 2. The number of nitrogens with zero attached hydrogens (tertiary/aromatic N) is 2. The average Bonchev–Trinajstić information content (AvgIpc) is 2.72. The monoisotopic (exact) mass is 386 g/mol. The highest BCUT2D eigenvalue weighted by atomic mass is 14.9. The van der Waals surface area contributed by atoms with Crippen LogP contribution in [-0.2, 0) is 6.42 Å². The van der Waals surface area contributed by atoms with Crippen LogP contribution in [0.25, 0.3) is 0 Å². The largest absolute Gasteiger partial charge is 0.241 e. The molecule has 0 aromatic carbocycles. The van der Waals surface area contributed by atoms with E-state index in [9.17, 15) is 0 Å². The second-order valence-corrected chi connectivity index (χ2v) is 9.28. The highest BCUT2D eigenvalue weighted by Gasteiger charge is 2.24. The molecule has 1 saturated carbocycles.